The largest absolute Gasteiger partial charge is 0.464 e. The van der Waals surface area contributed by atoms with Gasteiger partial charge in [0.1, 0.15) is 109 Å². The van der Waals surface area contributed by atoms with E-state index in [-0.39, 0.29) is 45.7 Å². The molecule has 36 heteroatoms. The van der Waals surface area contributed by atoms with E-state index in [4.69, 9.17) is 71.1 Å². The number of ether oxygens (including phenoxy) is 15. The fourth-order valence-corrected chi connectivity index (χ4v) is 7.44. The van der Waals surface area contributed by atoms with Gasteiger partial charge in [0, 0.05) is 39.3 Å². The first-order valence-corrected chi connectivity index (χ1v) is 34.2. The Bertz CT molecular complexity index is 2470. The maximum absolute atomic E-state index is 14.7. The van der Waals surface area contributed by atoms with E-state index < -0.39 is 244 Å². The van der Waals surface area contributed by atoms with E-state index in [1.165, 1.54) is 27.7 Å². The van der Waals surface area contributed by atoms with Crippen LogP contribution < -0.4 is 31.9 Å². The van der Waals surface area contributed by atoms with Crippen LogP contribution in [0.15, 0.2) is 0 Å². The highest BCUT2D eigenvalue weighted by atomic mass is 16.6. The van der Waals surface area contributed by atoms with Crippen molar-refractivity contribution in [1.82, 2.24) is 31.9 Å². The second kappa shape index (κ2) is 43.3. The summed E-state index contributed by atoms with van der Waals surface area (Å²) < 4.78 is 81.9. The topological polar surface area (TPSA) is 467 Å². The van der Waals surface area contributed by atoms with E-state index in [2.05, 4.69) is 31.9 Å². The summed E-state index contributed by atoms with van der Waals surface area (Å²) in [7, 11) is 0. The third-order valence-electron chi connectivity index (χ3n) is 13.1. The molecule has 0 saturated carbocycles. The third-order valence-corrected chi connectivity index (χ3v) is 13.1. The van der Waals surface area contributed by atoms with Gasteiger partial charge in [-0.25, -0.2) is 28.8 Å². The molecule has 0 aromatic heterocycles. The third kappa shape index (κ3) is 47.0. The zero-order valence-corrected chi connectivity index (χ0v) is 65.3. The Morgan fingerprint density at radius 3 is 0.486 bits per heavy atom. The van der Waals surface area contributed by atoms with Crippen LogP contribution in [0.4, 0.5) is 28.8 Å². The van der Waals surface area contributed by atoms with Crippen LogP contribution in [0.2, 0.25) is 0 Å². The van der Waals surface area contributed by atoms with Gasteiger partial charge in [0.05, 0.1) is 43.9 Å². The normalized spacial score (nSPS) is 12.2. The molecule has 0 rings (SSSR count). The van der Waals surface area contributed by atoms with Gasteiger partial charge in [-0.05, 0) is 152 Å². The Balaban J connectivity index is 7.85. The molecule has 105 heavy (non-hydrogen) atoms. The molecule has 6 N–H and O–H groups in total. The number of nitrogens with one attached hydrogen (secondary N) is 6. The monoisotopic (exact) mass is 1510 g/mol. The lowest BCUT2D eigenvalue weighted by atomic mass is 9.86. The molecule has 0 bridgehead atoms. The number of hydrogen-bond acceptors (Lipinski definition) is 30. The highest BCUT2D eigenvalue weighted by Crippen LogP contribution is 2.32. The summed E-state index contributed by atoms with van der Waals surface area (Å²) in [6.07, 6.45) is -8.15. The number of amides is 6. The number of carbonyl (C=O) groups is 15. The van der Waals surface area contributed by atoms with Crippen LogP contribution in [0, 0.1) is 21.7 Å². The molecule has 0 aliphatic carbocycles. The molecule has 0 aliphatic rings. The van der Waals surface area contributed by atoms with Crippen molar-refractivity contribution >= 4 is 90.3 Å². The molecule has 602 valence electrons. The van der Waals surface area contributed by atoms with Gasteiger partial charge in [0.2, 0.25) is 0 Å². The first kappa shape index (κ1) is 95.8. The highest BCUT2D eigenvalue weighted by molar-refractivity contribution is 5.82. The predicted molar refractivity (Wildman–Crippen MR) is 369 cm³/mol. The van der Waals surface area contributed by atoms with Crippen molar-refractivity contribution in [3.8, 4) is 0 Å². The Labute approximate surface area is 614 Å². The van der Waals surface area contributed by atoms with Gasteiger partial charge in [-0.3, -0.25) is 43.2 Å². The van der Waals surface area contributed by atoms with Gasteiger partial charge in [-0.2, -0.15) is 0 Å². The molecule has 0 aromatic carbocycles. The van der Waals surface area contributed by atoms with Crippen LogP contribution in [0.25, 0.3) is 0 Å². The molecule has 0 radical (unpaired) electrons. The Kier molecular flexibility index (Phi) is 39.6. The van der Waals surface area contributed by atoms with Crippen molar-refractivity contribution in [2.75, 3.05) is 98.7 Å². The second-order valence-corrected chi connectivity index (χ2v) is 31.3. The van der Waals surface area contributed by atoms with E-state index in [1.807, 2.05) is 0 Å². The van der Waals surface area contributed by atoms with E-state index in [0.717, 1.165) is 0 Å². The quantitative estimate of drug-likeness (QED) is 0.0272. The molecule has 0 unspecified atom stereocenters. The average molecular weight is 1510 g/mol. The van der Waals surface area contributed by atoms with Crippen molar-refractivity contribution < 1.29 is 143 Å². The molecule has 0 fully saturated rings. The highest BCUT2D eigenvalue weighted by Gasteiger charge is 2.46. The standard InChI is InChI=1S/C69H116N6O30/c1-23-69(42-97-51(82)66(20,36-91-45(76)24-30-70-54(85)100-60(2,3)4)37-92-46(77)25-31-71-55(86)101-61(5,6)7,43-98-52(83)67(21,38-93-47(78)26-32-72-56(87)102-62(8,9)10)39-94-48(79)27-33-73-57(88)103-63(11,12)13)44-99-53(84)68(22,40-95-49(80)28-34-74-58(89)104-64(14,15)16)41-96-50(81)29-35-75-59(90)105-65(17,18)19/h23-44H2,1-22H3,(H,70,85)(H,71,86)(H,72,87)(H,73,88)(H,74,89)(H,75,90). The summed E-state index contributed by atoms with van der Waals surface area (Å²) in [4.78, 5) is 197. The van der Waals surface area contributed by atoms with Gasteiger partial charge in [-0.15, -0.1) is 0 Å². The van der Waals surface area contributed by atoms with Crippen LogP contribution in [0.1, 0.15) is 197 Å². The lowest BCUT2D eigenvalue weighted by Gasteiger charge is -2.35. The molecule has 0 heterocycles. The van der Waals surface area contributed by atoms with E-state index in [9.17, 15) is 71.9 Å². The number of carbonyl (C=O) groups excluding carboxylic acids is 15. The average Bonchev–Trinajstić information content (AvgIpc) is 0.824. The van der Waals surface area contributed by atoms with Gasteiger partial charge in [0.25, 0.3) is 0 Å². The smallest absolute Gasteiger partial charge is 0.407 e. The summed E-state index contributed by atoms with van der Waals surface area (Å²) >= 11 is 0. The fourth-order valence-electron chi connectivity index (χ4n) is 7.44. The molecular formula is C69H116N6O30. The summed E-state index contributed by atoms with van der Waals surface area (Å²) in [6, 6.07) is 0. The lowest BCUT2D eigenvalue weighted by Crippen LogP contribution is -2.47. The maximum atomic E-state index is 14.7. The van der Waals surface area contributed by atoms with Gasteiger partial charge < -0.3 is 103 Å². The fraction of sp³-hybridized carbons (Fsp3) is 0.783. The number of alkyl carbamates (subject to hydrolysis) is 6. The Morgan fingerprint density at radius 1 is 0.219 bits per heavy atom. The van der Waals surface area contributed by atoms with Gasteiger partial charge in [-0.1, -0.05) is 6.92 Å². The van der Waals surface area contributed by atoms with Crippen molar-refractivity contribution in [3.63, 3.8) is 0 Å². The zero-order chi connectivity index (χ0) is 81.1. The van der Waals surface area contributed by atoms with Crippen LogP contribution in [-0.2, 0) is 114 Å². The molecular weight excluding hydrogens is 1390 g/mol. The molecule has 0 atom stereocenters. The first-order chi connectivity index (χ1) is 47.9. The predicted octanol–water partition coefficient (Wildman–Crippen LogP) is 6.78. The lowest BCUT2D eigenvalue weighted by molar-refractivity contribution is -0.182. The zero-order valence-electron chi connectivity index (χ0n) is 65.3. The molecule has 0 spiro atoms. The molecule has 0 saturated heterocycles. The van der Waals surface area contributed by atoms with Gasteiger partial charge in [0.15, 0.2) is 0 Å². The summed E-state index contributed by atoms with van der Waals surface area (Å²) in [5.74, 6) is -9.58. The number of rotatable bonds is 40. The number of hydrogen-bond donors (Lipinski definition) is 6. The van der Waals surface area contributed by atoms with Crippen LogP contribution in [0.3, 0.4) is 0 Å². The van der Waals surface area contributed by atoms with Crippen molar-refractivity contribution in [3.05, 3.63) is 0 Å². The second-order valence-electron chi connectivity index (χ2n) is 31.3. The minimum absolute atomic E-state index is 0.261. The van der Waals surface area contributed by atoms with Crippen LogP contribution in [-0.4, -0.2) is 223 Å². The first-order valence-electron chi connectivity index (χ1n) is 34.2. The van der Waals surface area contributed by atoms with E-state index in [1.54, 1.807) is 125 Å². The number of esters is 9. The van der Waals surface area contributed by atoms with Crippen molar-refractivity contribution in [2.24, 2.45) is 21.7 Å². The summed E-state index contributed by atoms with van der Waals surface area (Å²) in [5.41, 5.74) is -13.6. The summed E-state index contributed by atoms with van der Waals surface area (Å²) in [5, 5.41) is 14.4. The molecule has 0 aliphatic heterocycles. The van der Waals surface area contributed by atoms with Crippen molar-refractivity contribution in [2.45, 2.75) is 231 Å². The summed E-state index contributed by atoms with van der Waals surface area (Å²) in [6.45, 7) is 24.5. The van der Waals surface area contributed by atoms with Gasteiger partial charge >= 0.3 is 90.3 Å². The molecule has 6 amide bonds. The van der Waals surface area contributed by atoms with Crippen molar-refractivity contribution in [1.29, 1.82) is 0 Å². The van der Waals surface area contributed by atoms with E-state index >= 15 is 0 Å². The minimum Gasteiger partial charge on any atom is -0.464 e. The van der Waals surface area contributed by atoms with E-state index in [0.29, 0.717) is 0 Å². The Morgan fingerprint density at radius 2 is 0.362 bits per heavy atom. The SMILES string of the molecule is CCC(COC(=O)C(C)(COC(=O)CCNC(=O)OC(C)(C)C)COC(=O)CCNC(=O)OC(C)(C)C)(COC(=O)C(C)(COC(=O)CCNC(=O)OC(C)(C)C)COC(=O)CCNC(=O)OC(C)(C)C)COC(=O)C(C)(COC(=O)CCNC(=O)OC(C)(C)C)COC(=O)CCNC(=O)OC(C)(C)C. The Hall–Kier alpha value is -9.15. The molecule has 36 nitrogen and oxygen atoms in total. The minimum atomic E-state index is -2.12. The molecule has 0 aromatic rings. The van der Waals surface area contributed by atoms with Crippen LogP contribution >= 0.6 is 0 Å². The van der Waals surface area contributed by atoms with Crippen LogP contribution in [0.5, 0.6) is 0 Å². The maximum Gasteiger partial charge on any atom is 0.407 e.